The van der Waals surface area contributed by atoms with E-state index in [1.54, 1.807) is 11.3 Å². The van der Waals surface area contributed by atoms with Crippen LogP contribution < -0.4 is 4.74 Å². The number of ether oxygens (including phenoxy) is 1. The number of hydrogen-bond donors (Lipinski definition) is 0. The average molecular weight is 403 g/mol. The Labute approximate surface area is 173 Å². The first-order chi connectivity index (χ1) is 14.2. The fourth-order valence-electron chi connectivity index (χ4n) is 4.02. The first kappa shape index (κ1) is 18.1. The van der Waals surface area contributed by atoms with Crippen LogP contribution in [0.15, 0.2) is 60.7 Å². The number of piperidine rings is 1. The normalized spacial score (nSPS) is 15.1. The molecule has 0 bridgehead atoms. The molecule has 0 spiro atoms. The number of hydrogen-bond acceptors (Lipinski definition) is 4. The lowest BCUT2D eigenvalue weighted by Gasteiger charge is -2.32. The molecule has 1 saturated heterocycles. The lowest BCUT2D eigenvalue weighted by molar-refractivity contribution is 0.0597. The first-order valence-corrected chi connectivity index (χ1v) is 10.8. The molecule has 0 N–H and O–H groups in total. The summed E-state index contributed by atoms with van der Waals surface area (Å²) >= 11 is 1.60. The maximum atomic E-state index is 13.1. The van der Waals surface area contributed by atoms with Crippen molar-refractivity contribution in [2.24, 2.45) is 0 Å². The van der Waals surface area contributed by atoms with Crippen molar-refractivity contribution in [1.82, 2.24) is 9.88 Å². The van der Waals surface area contributed by atoms with Crippen LogP contribution >= 0.6 is 11.3 Å². The molecule has 5 heteroatoms. The molecule has 5 rings (SSSR count). The third-order valence-electron chi connectivity index (χ3n) is 5.62. The van der Waals surface area contributed by atoms with Crippen molar-refractivity contribution in [3.8, 4) is 5.19 Å². The number of fused-ring (bicyclic) bond motifs is 2. The summed E-state index contributed by atoms with van der Waals surface area (Å²) in [6.45, 7) is 3.48. The van der Waals surface area contributed by atoms with Crippen LogP contribution in [0.3, 0.4) is 0 Å². The number of para-hydroxylation sites is 1. The monoisotopic (exact) mass is 402 g/mol. The molecule has 1 fully saturated rings. The van der Waals surface area contributed by atoms with Crippen LogP contribution in [0.5, 0.6) is 5.19 Å². The fraction of sp³-hybridized carbons (Fsp3) is 0.250. The number of likely N-dealkylation sites (tertiary alicyclic amines) is 1. The maximum Gasteiger partial charge on any atom is 0.274 e. The highest BCUT2D eigenvalue weighted by Crippen LogP contribution is 2.31. The van der Waals surface area contributed by atoms with Gasteiger partial charge in [-0.1, -0.05) is 59.9 Å². The summed E-state index contributed by atoms with van der Waals surface area (Å²) in [4.78, 5) is 19.7. The second-order valence-corrected chi connectivity index (χ2v) is 8.53. The Bertz CT molecular complexity index is 1190. The number of rotatable bonds is 3. The molecule has 1 aliphatic rings. The van der Waals surface area contributed by atoms with Crippen molar-refractivity contribution >= 4 is 38.2 Å². The summed E-state index contributed by atoms with van der Waals surface area (Å²) in [5, 5.41) is 2.85. The number of amides is 1. The largest absolute Gasteiger partial charge is 0.467 e. The van der Waals surface area contributed by atoms with E-state index in [1.807, 2.05) is 47.4 Å². The highest BCUT2D eigenvalue weighted by molar-refractivity contribution is 7.20. The van der Waals surface area contributed by atoms with Crippen molar-refractivity contribution in [3.63, 3.8) is 0 Å². The Morgan fingerprint density at radius 1 is 1.03 bits per heavy atom. The van der Waals surface area contributed by atoms with Crippen LogP contribution in [0, 0.1) is 6.92 Å². The highest BCUT2D eigenvalue weighted by Gasteiger charge is 2.26. The van der Waals surface area contributed by atoms with Crippen molar-refractivity contribution in [3.05, 3.63) is 71.8 Å². The summed E-state index contributed by atoms with van der Waals surface area (Å²) in [6, 6.07) is 20.2. The molecular formula is C24H22N2O2S. The number of aryl methyl sites for hydroxylation is 1. The predicted molar refractivity (Wildman–Crippen MR) is 118 cm³/mol. The lowest BCUT2D eigenvalue weighted by Crippen LogP contribution is -2.41. The second-order valence-electron chi connectivity index (χ2n) is 7.54. The molecule has 1 aliphatic heterocycles. The van der Waals surface area contributed by atoms with Crippen molar-refractivity contribution in [1.29, 1.82) is 0 Å². The number of nitrogens with zero attached hydrogens (tertiary/aromatic N) is 2. The quantitative estimate of drug-likeness (QED) is 0.458. The van der Waals surface area contributed by atoms with Crippen LogP contribution in [-0.2, 0) is 0 Å². The zero-order chi connectivity index (χ0) is 19.8. The molecule has 0 unspecified atom stereocenters. The lowest BCUT2D eigenvalue weighted by atomic mass is 10.0. The summed E-state index contributed by atoms with van der Waals surface area (Å²) in [6.07, 6.45) is 1.75. The van der Waals surface area contributed by atoms with E-state index in [1.165, 1.54) is 5.56 Å². The number of carbonyl (C=O) groups is 1. The van der Waals surface area contributed by atoms with E-state index < -0.39 is 0 Å². The Balaban J connectivity index is 1.27. The van der Waals surface area contributed by atoms with Crippen LogP contribution in [0.4, 0.5) is 0 Å². The minimum absolute atomic E-state index is 0.104. The number of aromatic nitrogens is 1. The van der Waals surface area contributed by atoms with Crippen LogP contribution in [0.1, 0.15) is 28.8 Å². The molecule has 0 saturated carbocycles. The van der Waals surface area contributed by atoms with E-state index in [2.05, 4.69) is 30.1 Å². The Hall–Kier alpha value is -2.92. The van der Waals surface area contributed by atoms with E-state index in [0.717, 1.165) is 44.6 Å². The molecule has 2 heterocycles. The van der Waals surface area contributed by atoms with Gasteiger partial charge in [0.05, 0.1) is 10.2 Å². The summed E-state index contributed by atoms with van der Waals surface area (Å²) < 4.78 is 7.32. The van der Waals surface area contributed by atoms with Gasteiger partial charge in [-0.15, -0.1) is 0 Å². The van der Waals surface area contributed by atoms with Crippen LogP contribution in [0.2, 0.25) is 0 Å². The topological polar surface area (TPSA) is 42.4 Å². The minimum atomic E-state index is 0.104. The van der Waals surface area contributed by atoms with Gasteiger partial charge in [0, 0.05) is 31.5 Å². The number of benzene rings is 3. The molecule has 0 atom stereocenters. The molecular weight excluding hydrogens is 380 g/mol. The summed E-state index contributed by atoms with van der Waals surface area (Å²) in [5.74, 6) is 0.107. The summed E-state index contributed by atoms with van der Waals surface area (Å²) in [5.41, 5.74) is 2.98. The van der Waals surface area contributed by atoms with Gasteiger partial charge < -0.3 is 9.64 Å². The van der Waals surface area contributed by atoms with E-state index >= 15 is 0 Å². The zero-order valence-corrected chi connectivity index (χ0v) is 17.1. The molecule has 3 aromatic carbocycles. The van der Waals surface area contributed by atoms with E-state index in [4.69, 9.17) is 4.74 Å². The fourth-order valence-corrected chi connectivity index (χ4v) is 4.98. The van der Waals surface area contributed by atoms with E-state index in [-0.39, 0.29) is 12.0 Å². The third kappa shape index (κ3) is 3.47. The highest BCUT2D eigenvalue weighted by atomic mass is 32.1. The maximum absolute atomic E-state index is 13.1. The molecule has 4 aromatic rings. The van der Waals surface area contributed by atoms with Crippen molar-refractivity contribution in [2.45, 2.75) is 25.9 Å². The van der Waals surface area contributed by atoms with Gasteiger partial charge in [0.2, 0.25) is 0 Å². The first-order valence-electron chi connectivity index (χ1n) is 9.99. The van der Waals surface area contributed by atoms with Gasteiger partial charge in [0.1, 0.15) is 6.10 Å². The van der Waals surface area contributed by atoms with Gasteiger partial charge in [-0.3, -0.25) is 4.79 Å². The van der Waals surface area contributed by atoms with E-state index in [0.29, 0.717) is 13.1 Å². The smallest absolute Gasteiger partial charge is 0.274 e. The van der Waals surface area contributed by atoms with Gasteiger partial charge >= 0.3 is 0 Å². The molecule has 29 heavy (non-hydrogen) atoms. The Morgan fingerprint density at radius 3 is 2.62 bits per heavy atom. The van der Waals surface area contributed by atoms with Crippen LogP contribution in [0.25, 0.3) is 21.0 Å². The van der Waals surface area contributed by atoms with Gasteiger partial charge in [0.15, 0.2) is 0 Å². The Kier molecular flexibility index (Phi) is 4.68. The molecule has 1 aromatic heterocycles. The molecule has 146 valence electrons. The third-order valence-corrected chi connectivity index (χ3v) is 6.53. The van der Waals surface area contributed by atoms with Crippen molar-refractivity contribution in [2.75, 3.05) is 13.1 Å². The zero-order valence-electron chi connectivity index (χ0n) is 16.3. The standard InChI is InChI=1S/C24H22N2O2S/c1-16-6-4-11-21-22(16)25-24(29-21)28-18-12-14-26(15-13-18)23(27)20-10-5-8-17-7-2-3-9-19(17)20/h2-11,18H,12-15H2,1H3. The Morgan fingerprint density at radius 2 is 1.79 bits per heavy atom. The summed E-state index contributed by atoms with van der Waals surface area (Å²) in [7, 11) is 0. The number of carbonyl (C=O) groups excluding carboxylic acids is 1. The minimum Gasteiger partial charge on any atom is -0.467 e. The molecule has 1 amide bonds. The molecule has 4 nitrogen and oxygen atoms in total. The predicted octanol–water partition coefficient (Wildman–Crippen LogP) is 5.44. The van der Waals surface area contributed by atoms with Gasteiger partial charge in [-0.2, -0.15) is 0 Å². The SMILES string of the molecule is Cc1cccc2sc(OC3CCN(C(=O)c4cccc5ccccc45)CC3)nc12. The number of thiazole rings is 1. The van der Waals surface area contributed by atoms with Crippen LogP contribution in [-0.4, -0.2) is 35.0 Å². The van der Waals surface area contributed by atoms with Crippen molar-refractivity contribution < 1.29 is 9.53 Å². The average Bonchev–Trinajstić information content (AvgIpc) is 3.17. The van der Waals surface area contributed by atoms with Gasteiger partial charge in [0.25, 0.3) is 11.1 Å². The van der Waals surface area contributed by atoms with E-state index in [9.17, 15) is 4.79 Å². The van der Waals surface area contributed by atoms with Gasteiger partial charge in [-0.05, 0) is 35.4 Å². The molecule has 0 aliphatic carbocycles. The second kappa shape index (κ2) is 7.48. The van der Waals surface area contributed by atoms with Gasteiger partial charge in [-0.25, -0.2) is 4.98 Å². The molecule has 0 radical (unpaired) electrons.